The van der Waals surface area contributed by atoms with Crippen LogP contribution < -0.4 is 5.32 Å². The Morgan fingerprint density at radius 2 is 1.46 bits per heavy atom. The van der Waals surface area contributed by atoms with Gasteiger partial charge in [-0.25, -0.2) is 0 Å². The Hall–Kier alpha value is -4.55. The van der Waals surface area contributed by atoms with Crippen LogP contribution in [0.25, 0.3) is 0 Å². The summed E-state index contributed by atoms with van der Waals surface area (Å²) in [6.45, 7) is 0. The SMILES string of the molecule is O=C(c1ccc(Cl)cc1)C1C(C(=O)c2ccccc2)C2(C(=O)Nc3ccccc32)C2c3ccccc3C=NN12. The largest absolute Gasteiger partial charge is 0.325 e. The van der Waals surface area contributed by atoms with Crippen molar-refractivity contribution in [3.05, 3.63) is 136 Å². The van der Waals surface area contributed by atoms with Crippen LogP contribution >= 0.6 is 11.6 Å². The van der Waals surface area contributed by atoms with Gasteiger partial charge in [-0.2, -0.15) is 5.10 Å². The number of carbonyl (C=O) groups excluding carboxylic acids is 3. The van der Waals surface area contributed by atoms with Gasteiger partial charge in [-0.3, -0.25) is 19.4 Å². The zero-order valence-corrected chi connectivity index (χ0v) is 21.4. The van der Waals surface area contributed by atoms with Crippen molar-refractivity contribution in [2.45, 2.75) is 17.5 Å². The average Bonchev–Trinajstić information content (AvgIpc) is 3.45. The first-order valence-electron chi connectivity index (χ1n) is 12.7. The summed E-state index contributed by atoms with van der Waals surface area (Å²) in [6, 6.07) is 28.9. The van der Waals surface area contributed by atoms with Gasteiger partial charge in [0.15, 0.2) is 11.6 Å². The van der Waals surface area contributed by atoms with Crippen LogP contribution in [0, 0.1) is 5.92 Å². The lowest BCUT2D eigenvalue weighted by molar-refractivity contribution is -0.122. The van der Waals surface area contributed by atoms with Crippen molar-refractivity contribution in [3.8, 4) is 0 Å². The summed E-state index contributed by atoms with van der Waals surface area (Å²) >= 11 is 6.12. The number of ketones is 2. The number of anilines is 1. The van der Waals surface area contributed by atoms with Crippen LogP contribution in [-0.4, -0.2) is 34.7 Å². The molecule has 1 N–H and O–H groups in total. The number of hydrogen-bond acceptors (Lipinski definition) is 5. The lowest BCUT2D eigenvalue weighted by Crippen LogP contribution is -2.49. The van der Waals surface area contributed by atoms with Gasteiger partial charge < -0.3 is 5.32 Å². The summed E-state index contributed by atoms with van der Waals surface area (Å²) in [5.41, 5.74) is 2.45. The van der Waals surface area contributed by atoms with E-state index in [1.54, 1.807) is 59.8 Å². The smallest absolute Gasteiger partial charge is 0.238 e. The van der Waals surface area contributed by atoms with Crippen molar-refractivity contribution < 1.29 is 14.4 Å². The maximum Gasteiger partial charge on any atom is 0.238 e. The van der Waals surface area contributed by atoms with Gasteiger partial charge in [-0.05, 0) is 47.0 Å². The minimum atomic E-state index is -1.40. The monoisotopic (exact) mass is 531 g/mol. The van der Waals surface area contributed by atoms with Crippen molar-refractivity contribution in [1.82, 2.24) is 5.01 Å². The molecular formula is C32H22ClN3O3. The summed E-state index contributed by atoms with van der Waals surface area (Å²) < 4.78 is 0. The van der Waals surface area contributed by atoms with Gasteiger partial charge in [0.05, 0.1) is 18.2 Å². The van der Waals surface area contributed by atoms with E-state index in [1.807, 2.05) is 54.6 Å². The number of benzene rings is 4. The highest BCUT2D eigenvalue weighted by molar-refractivity contribution is 6.30. The van der Waals surface area contributed by atoms with E-state index in [4.69, 9.17) is 16.7 Å². The van der Waals surface area contributed by atoms with Crippen LogP contribution in [0.4, 0.5) is 5.69 Å². The van der Waals surface area contributed by atoms with Gasteiger partial charge >= 0.3 is 0 Å². The Morgan fingerprint density at radius 1 is 0.795 bits per heavy atom. The number of rotatable bonds is 4. The first-order valence-corrected chi connectivity index (χ1v) is 13.1. The fraction of sp³-hybridized carbons (Fsp3) is 0.125. The van der Waals surface area contributed by atoms with E-state index < -0.39 is 23.4 Å². The highest BCUT2D eigenvalue weighted by Gasteiger charge is 2.71. The van der Waals surface area contributed by atoms with Gasteiger partial charge in [0.1, 0.15) is 11.5 Å². The fourth-order valence-corrected chi connectivity index (χ4v) is 6.67. The average molecular weight is 532 g/mol. The van der Waals surface area contributed by atoms with Crippen LogP contribution in [0.2, 0.25) is 5.02 Å². The molecule has 1 saturated heterocycles. The highest BCUT2D eigenvalue weighted by atomic mass is 35.5. The van der Waals surface area contributed by atoms with Gasteiger partial charge in [0.25, 0.3) is 0 Å². The molecule has 1 spiro atoms. The van der Waals surface area contributed by atoms with Crippen LogP contribution in [-0.2, 0) is 10.2 Å². The number of carbonyl (C=O) groups is 3. The van der Waals surface area contributed by atoms with Crippen molar-refractivity contribution >= 4 is 41.0 Å². The first kappa shape index (κ1) is 23.6. The van der Waals surface area contributed by atoms with Gasteiger partial charge in [-0.1, -0.05) is 84.4 Å². The normalized spacial score (nSPS) is 24.2. The Bertz CT molecular complexity index is 1680. The summed E-state index contributed by atoms with van der Waals surface area (Å²) in [5.74, 6) is -1.94. The maximum absolute atomic E-state index is 14.6. The third kappa shape index (κ3) is 3.28. The molecular weight excluding hydrogens is 510 g/mol. The van der Waals surface area contributed by atoms with E-state index in [2.05, 4.69) is 5.32 Å². The predicted octanol–water partition coefficient (Wildman–Crippen LogP) is 5.68. The summed E-state index contributed by atoms with van der Waals surface area (Å²) in [4.78, 5) is 43.3. The topological polar surface area (TPSA) is 78.8 Å². The Kier molecular flexibility index (Phi) is 5.28. The molecule has 3 heterocycles. The molecule has 0 saturated carbocycles. The van der Waals surface area contributed by atoms with Crippen molar-refractivity contribution in [2.24, 2.45) is 11.0 Å². The standard InChI is InChI=1S/C32H22ClN3O3/c33-22-16-14-20(15-17-22)29(38)27-26(28(37)19-8-2-1-3-9-19)32(24-12-6-7-13-25(24)35-31(32)39)30-23-11-5-4-10-21(23)18-34-36(27)30/h1-18,26-27,30H,(H,35,39). The van der Waals surface area contributed by atoms with Gasteiger partial charge in [0.2, 0.25) is 5.91 Å². The number of nitrogens with zero attached hydrogens (tertiary/aromatic N) is 2. The molecule has 4 aromatic carbocycles. The zero-order valence-electron chi connectivity index (χ0n) is 20.6. The molecule has 1 fully saturated rings. The molecule has 6 nitrogen and oxygen atoms in total. The van der Waals surface area contributed by atoms with Gasteiger partial charge in [0, 0.05) is 21.8 Å². The summed E-state index contributed by atoms with van der Waals surface area (Å²) in [6.07, 6.45) is 1.70. The van der Waals surface area contributed by atoms with Gasteiger partial charge in [-0.15, -0.1) is 0 Å². The molecule has 0 radical (unpaired) electrons. The second-order valence-electron chi connectivity index (χ2n) is 10.0. The van der Waals surface area contributed by atoms with Crippen LogP contribution in [0.5, 0.6) is 0 Å². The van der Waals surface area contributed by atoms with E-state index in [1.165, 1.54) is 0 Å². The Morgan fingerprint density at radius 3 is 2.26 bits per heavy atom. The third-order valence-electron chi connectivity index (χ3n) is 8.14. The Balaban J connectivity index is 1.54. The molecule has 4 aromatic rings. The minimum Gasteiger partial charge on any atom is -0.325 e. The zero-order chi connectivity index (χ0) is 26.7. The summed E-state index contributed by atoms with van der Waals surface area (Å²) in [5, 5.41) is 9.98. The number of para-hydroxylation sites is 1. The molecule has 0 aromatic heterocycles. The number of hydrogen-bond donors (Lipinski definition) is 1. The van der Waals surface area contributed by atoms with E-state index >= 15 is 0 Å². The van der Waals surface area contributed by atoms with Crippen molar-refractivity contribution in [1.29, 1.82) is 0 Å². The van der Waals surface area contributed by atoms with Crippen molar-refractivity contribution in [3.63, 3.8) is 0 Å². The molecule has 7 heteroatoms. The number of fused-ring (bicyclic) bond motifs is 6. The number of nitrogens with one attached hydrogen (secondary N) is 1. The van der Waals surface area contributed by atoms with Crippen molar-refractivity contribution in [2.75, 3.05) is 5.32 Å². The van der Waals surface area contributed by atoms with Crippen LogP contribution in [0.3, 0.4) is 0 Å². The number of Topliss-reactive ketones (excluding diaryl/α,β-unsaturated/α-hetero) is 2. The number of hydrazone groups is 1. The second-order valence-corrected chi connectivity index (χ2v) is 10.5. The van der Waals surface area contributed by atoms with E-state index in [9.17, 15) is 14.4 Å². The molecule has 0 bridgehead atoms. The quantitative estimate of drug-likeness (QED) is 0.343. The number of amides is 1. The molecule has 39 heavy (non-hydrogen) atoms. The maximum atomic E-state index is 14.6. The Labute approximate surface area is 229 Å². The van der Waals surface area contributed by atoms with Crippen LogP contribution in [0.15, 0.2) is 108 Å². The van der Waals surface area contributed by atoms with E-state index in [0.717, 1.165) is 11.1 Å². The predicted molar refractivity (Wildman–Crippen MR) is 149 cm³/mol. The van der Waals surface area contributed by atoms with E-state index in [-0.39, 0.29) is 17.5 Å². The first-order chi connectivity index (χ1) is 19.0. The number of halogens is 1. The lowest BCUT2D eigenvalue weighted by Gasteiger charge is -2.37. The fourth-order valence-electron chi connectivity index (χ4n) is 6.54. The second kappa shape index (κ2) is 8.75. The van der Waals surface area contributed by atoms with E-state index in [0.29, 0.717) is 27.4 Å². The summed E-state index contributed by atoms with van der Waals surface area (Å²) in [7, 11) is 0. The molecule has 3 aliphatic heterocycles. The molecule has 190 valence electrons. The molecule has 0 aliphatic carbocycles. The molecule has 4 unspecified atom stereocenters. The molecule has 1 amide bonds. The minimum absolute atomic E-state index is 0.281. The molecule has 4 atom stereocenters. The van der Waals surface area contributed by atoms with Crippen LogP contribution in [0.1, 0.15) is 43.4 Å². The molecule has 3 aliphatic rings. The third-order valence-corrected chi connectivity index (χ3v) is 8.39. The highest BCUT2D eigenvalue weighted by Crippen LogP contribution is 2.61. The lowest BCUT2D eigenvalue weighted by atomic mass is 9.62. The molecule has 7 rings (SSSR count).